The second-order valence-electron chi connectivity index (χ2n) is 5.49. The minimum absolute atomic E-state index is 0.144. The zero-order valence-electron chi connectivity index (χ0n) is 12.6. The van der Waals surface area contributed by atoms with Crippen LogP contribution in [0.2, 0.25) is 0 Å². The van der Waals surface area contributed by atoms with Crippen molar-refractivity contribution in [2.75, 3.05) is 39.2 Å². The van der Waals surface area contributed by atoms with Crippen LogP contribution in [-0.4, -0.2) is 44.7 Å². The second-order valence-corrected chi connectivity index (χ2v) is 5.49. The highest BCUT2D eigenvalue weighted by Gasteiger charge is 2.25. The number of ether oxygens (including phenoxy) is 1. The van der Waals surface area contributed by atoms with E-state index in [1.54, 1.807) is 7.11 Å². The molecule has 1 amide bonds. The second kappa shape index (κ2) is 6.75. The lowest BCUT2D eigenvalue weighted by molar-refractivity contribution is 0.0570. The Labute approximate surface area is 121 Å². The summed E-state index contributed by atoms with van der Waals surface area (Å²) in [5.41, 5.74) is 2.87. The van der Waals surface area contributed by atoms with Gasteiger partial charge in [0.15, 0.2) is 0 Å². The molecular weight excluding hydrogens is 252 g/mol. The Balaban J connectivity index is 2.10. The van der Waals surface area contributed by atoms with Gasteiger partial charge in [-0.1, -0.05) is 0 Å². The molecule has 0 radical (unpaired) electrons. The Hall–Kier alpha value is -1.55. The van der Waals surface area contributed by atoms with E-state index in [2.05, 4.69) is 5.32 Å². The largest absolute Gasteiger partial charge is 0.388 e. The normalized spacial score (nSPS) is 18.9. The third-order valence-electron chi connectivity index (χ3n) is 3.95. The predicted molar refractivity (Wildman–Crippen MR) is 81.2 cm³/mol. The number of amides is 1. The van der Waals surface area contributed by atoms with Crippen LogP contribution in [-0.2, 0) is 4.74 Å². The molecule has 1 saturated heterocycles. The molecule has 1 N–H and O–H groups in total. The van der Waals surface area contributed by atoms with Gasteiger partial charge in [-0.05, 0) is 49.4 Å². The third-order valence-corrected chi connectivity index (χ3v) is 3.95. The van der Waals surface area contributed by atoms with Gasteiger partial charge >= 0.3 is 0 Å². The van der Waals surface area contributed by atoms with Gasteiger partial charge in [-0.3, -0.25) is 4.79 Å². The highest BCUT2D eigenvalue weighted by molar-refractivity contribution is 5.96. The molecule has 20 heavy (non-hydrogen) atoms. The topological polar surface area (TPSA) is 41.6 Å². The Morgan fingerprint density at radius 1 is 1.50 bits per heavy atom. The fraction of sp³-hybridized carbons (Fsp3) is 0.562. The van der Waals surface area contributed by atoms with Crippen LogP contribution in [0, 0.1) is 12.8 Å². The molecule has 1 aliphatic rings. The molecule has 0 aromatic heterocycles. The molecule has 4 heteroatoms. The number of hydrogen-bond acceptors (Lipinski definition) is 3. The van der Waals surface area contributed by atoms with Gasteiger partial charge in [-0.15, -0.1) is 0 Å². The first kappa shape index (κ1) is 14.9. The Bertz CT molecular complexity index is 472. The summed E-state index contributed by atoms with van der Waals surface area (Å²) in [6.07, 6.45) is 2.21. The van der Waals surface area contributed by atoms with E-state index in [4.69, 9.17) is 4.74 Å². The van der Waals surface area contributed by atoms with Gasteiger partial charge in [-0.2, -0.15) is 0 Å². The molecule has 0 bridgehead atoms. The van der Waals surface area contributed by atoms with Crippen LogP contribution in [0.15, 0.2) is 18.2 Å². The molecular formula is C16H24N2O2. The zero-order valence-corrected chi connectivity index (χ0v) is 12.6. The van der Waals surface area contributed by atoms with E-state index in [9.17, 15) is 4.79 Å². The van der Waals surface area contributed by atoms with Gasteiger partial charge < -0.3 is 15.0 Å². The molecule has 0 spiro atoms. The summed E-state index contributed by atoms with van der Waals surface area (Å²) in [4.78, 5) is 14.6. The zero-order chi connectivity index (χ0) is 14.5. The maximum absolute atomic E-state index is 12.6. The standard InChI is InChI=1S/C16H24N2O2/c1-12-9-14(17-2)6-7-15(12)16(19)18-8-4-5-13(10-18)11-20-3/h6-7,9,13,17H,4-5,8,10-11H2,1-3H3. The summed E-state index contributed by atoms with van der Waals surface area (Å²) in [7, 11) is 3.61. The van der Waals surface area contributed by atoms with Crippen LogP contribution in [0.3, 0.4) is 0 Å². The van der Waals surface area contributed by atoms with Gasteiger partial charge in [0.25, 0.3) is 5.91 Å². The average molecular weight is 276 g/mol. The summed E-state index contributed by atoms with van der Waals surface area (Å²) in [5, 5.41) is 3.10. The van der Waals surface area contributed by atoms with Crippen LogP contribution < -0.4 is 5.32 Å². The number of methoxy groups -OCH3 is 1. The molecule has 1 atom stereocenters. The molecule has 1 heterocycles. The first-order valence-electron chi connectivity index (χ1n) is 7.22. The van der Waals surface area contributed by atoms with Crippen molar-refractivity contribution in [3.8, 4) is 0 Å². The van der Waals surface area contributed by atoms with E-state index in [1.165, 1.54) is 0 Å². The molecule has 110 valence electrons. The lowest BCUT2D eigenvalue weighted by Gasteiger charge is -2.32. The van der Waals surface area contributed by atoms with Crippen molar-refractivity contribution in [3.05, 3.63) is 29.3 Å². The summed E-state index contributed by atoms with van der Waals surface area (Å²) in [5.74, 6) is 0.612. The fourth-order valence-corrected chi connectivity index (χ4v) is 2.85. The maximum Gasteiger partial charge on any atom is 0.254 e. The number of nitrogens with zero attached hydrogens (tertiary/aromatic N) is 1. The minimum Gasteiger partial charge on any atom is -0.388 e. The van der Waals surface area contributed by atoms with Crippen molar-refractivity contribution in [1.82, 2.24) is 4.90 Å². The smallest absolute Gasteiger partial charge is 0.254 e. The van der Waals surface area contributed by atoms with Gasteiger partial charge in [0, 0.05) is 38.5 Å². The third kappa shape index (κ3) is 3.31. The highest BCUT2D eigenvalue weighted by atomic mass is 16.5. The highest BCUT2D eigenvalue weighted by Crippen LogP contribution is 2.21. The fourth-order valence-electron chi connectivity index (χ4n) is 2.85. The summed E-state index contributed by atoms with van der Waals surface area (Å²) < 4.78 is 5.22. The molecule has 1 aromatic carbocycles. The van der Waals surface area contributed by atoms with E-state index >= 15 is 0 Å². The molecule has 1 aliphatic heterocycles. The Kier molecular flexibility index (Phi) is 5.01. The molecule has 2 rings (SSSR count). The van der Waals surface area contributed by atoms with Gasteiger partial charge in [0.05, 0.1) is 6.61 Å². The van der Waals surface area contributed by atoms with Crippen LogP contribution >= 0.6 is 0 Å². The molecule has 1 fully saturated rings. The lowest BCUT2D eigenvalue weighted by atomic mass is 9.97. The minimum atomic E-state index is 0.144. The monoisotopic (exact) mass is 276 g/mol. The number of rotatable bonds is 4. The van der Waals surface area contributed by atoms with Crippen molar-refractivity contribution < 1.29 is 9.53 Å². The van der Waals surface area contributed by atoms with Crippen LogP contribution in [0.1, 0.15) is 28.8 Å². The first-order valence-corrected chi connectivity index (χ1v) is 7.22. The molecule has 1 aromatic rings. The van der Waals surface area contributed by atoms with E-state index in [0.717, 1.165) is 49.4 Å². The summed E-state index contributed by atoms with van der Waals surface area (Å²) in [6.45, 7) is 4.39. The Morgan fingerprint density at radius 3 is 2.95 bits per heavy atom. The predicted octanol–water partition coefficient (Wildman–Crippen LogP) is 2.54. The van der Waals surface area contributed by atoms with Gasteiger partial charge in [0.1, 0.15) is 0 Å². The van der Waals surface area contributed by atoms with Crippen LogP contribution in [0.25, 0.3) is 0 Å². The van der Waals surface area contributed by atoms with Crippen molar-refractivity contribution in [3.63, 3.8) is 0 Å². The van der Waals surface area contributed by atoms with Crippen molar-refractivity contribution in [1.29, 1.82) is 0 Å². The SMILES string of the molecule is CNc1ccc(C(=O)N2CCCC(COC)C2)c(C)c1. The van der Waals surface area contributed by atoms with Crippen molar-refractivity contribution in [2.24, 2.45) is 5.92 Å². The van der Waals surface area contributed by atoms with E-state index < -0.39 is 0 Å². The number of benzene rings is 1. The number of anilines is 1. The number of hydrogen-bond donors (Lipinski definition) is 1. The lowest BCUT2D eigenvalue weighted by Crippen LogP contribution is -2.41. The first-order chi connectivity index (χ1) is 9.65. The van der Waals surface area contributed by atoms with Crippen LogP contribution in [0.5, 0.6) is 0 Å². The van der Waals surface area contributed by atoms with E-state index in [1.807, 2.05) is 37.1 Å². The number of carbonyl (C=O) groups is 1. The number of piperidine rings is 1. The van der Waals surface area contributed by atoms with Crippen molar-refractivity contribution in [2.45, 2.75) is 19.8 Å². The Morgan fingerprint density at radius 2 is 2.30 bits per heavy atom. The summed E-state index contributed by atoms with van der Waals surface area (Å²) in [6, 6.07) is 5.89. The van der Waals surface area contributed by atoms with Gasteiger partial charge in [-0.25, -0.2) is 0 Å². The molecule has 1 unspecified atom stereocenters. The number of carbonyl (C=O) groups excluding carboxylic acids is 1. The summed E-state index contributed by atoms with van der Waals surface area (Å²) >= 11 is 0. The van der Waals surface area contributed by atoms with E-state index in [0.29, 0.717) is 5.92 Å². The van der Waals surface area contributed by atoms with Crippen LogP contribution in [0.4, 0.5) is 5.69 Å². The van der Waals surface area contributed by atoms with Gasteiger partial charge in [0.2, 0.25) is 0 Å². The molecule has 0 aliphatic carbocycles. The molecule has 4 nitrogen and oxygen atoms in total. The number of likely N-dealkylation sites (tertiary alicyclic amines) is 1. The average Bonchev–Trinajstić information content (AvgIpc) is 2.47. The maximum atomic E-state index is 12.6. The number of nitrogens with one attached hydrogen (secondary N) is 1. The van der Waals surface area contributed by atoms with Crippen molar-refractivity contribution >= 4 is 11.6 Å². The number of aryl methyl sites for hydroxylation is 1. The van der Waals surface area contributed by atoms with E-state index in [-0.39, 0.29) is 5.91 Å². The molecule has 0 saturated carbocycles. The quantitative estimate of drug-likeness (QED) is 0.919.